The lowest BCUT2D eigenvalue weighted by Crippen LogP contribution is -2.52. The molecule has 0 heterocycles. The van der Waals surface area contributed by atoms with Crippen molar-refractivity contribution in [1.29, 1.82) is 0 Å². The van der Waals surface area contributed by atoms with Crippen LogP contribution in [0.15, 0.2) is 71.6 Å². The Hall–Kier alpha value is -3.07. The van der Waals surface area contributed by atoms with Gasteiger partial charge >= 0.3 is 0 Å². The van der Waals surface area contributed by atoms with Crippen molar-refractivity contribution in [1.82, 2.24) is 10.2 Å². The molecule has 7 nitrogen and oxygen atoms in total. The van der Waals surface area contributed by atoms with Crippen molar-refractivity contribution < 1.29 is 18.0 Å². The summed E-state index contributed by atoms with van der Waals surface area (Å²) < 4.78 is 29.0. The zero-order valence-corrected chi connectivity index (χ0v) is 25.8. The number of amides is 2. The standard InChI is InChI=1S/C31H35Cl2N3O4S/c1-21-11-15-28(16-12-21)41(39,40)36(27-14-13-22(2)29(33)18-27)20-30(37)35(19-24-7-6-8-25(32)17-24)23(3)31(38)34-26-9-4-5-10-26/h6-8,11-18,23,26H,4-5,9-10,19-20H2,1-3H3,(H,34,38)/t23-/m1/s1. The first-order valence-corrected chi connectivity index (χ1v) is 15.8. The Labute approximate surface area is 252 Å². The zero-order chi connectivity index (χ0) is 29.7. The number of rotatable bonds is 10. The average Bonchev–Trinajstić information content (AvgIpc) is 3.44. The van der Waals surface area contributed by atoms with Crippen LogP contribution in [-0.2, 0) is 26.2 Å². The molecule has 1 N–H and O–H groups in total. The van der Waals surface area contributed by atoms with E-state index in [-0.39, 0.29) is 29.1 Å². The largest absolute Gasteiger partial charge is 0.352 e. The quantitative estimate of drug-likeness (QED) is 0.291. The molecular formula is C31H35Cl2N3O4S. The Kier molecular flexibility index (Phi) is 10.00. The maximum atomic E-state index is 14.1. The van der Waals surface area contributed by atoms with E-state index in [1.54, 1.807) is 49.4 Å². The third-order valence-electron chi connectivity index (χ3n) is 7.44. The van der Waals surface area contributed by atoms with Crippen LogP contribution in [0.3, 0.4) is 0 Å². The van der Waals surface area contributed by atoms with Gasteiger partial charge in [0.1, 0.15) is 12.6 Å². The molecule has 1 aliphatic carbocycles. The second-order valence-electron chi connectivity index (χ2n) is 10.6. The highest BCUT2D eigenvalue weighted by molar-refractivity contribution is 7.92. The van der Waals surface area contributed by atoms with Gasteiger partial charge in [0, 0.05) is 22.6 Å². The fraction of sp³-hybridized carbons (Fsp3) is 0.355. The minimum Gasteiger partial charge on any atom is -0.352 e. The number of halogens is 2. The highest BCUT2D eigenvalue weighted by atomic mass is 35.5. The van der Waals surface area contributed by atoms with Gasteiger partial charge in [0.25, 0.3) is 10.0 Å². The summed E-state index contributed by atoms with van der Waals surface area (Å²) >= 11 is 12.6. The van der Waals surface area contributed by atoms with E-state index in [0.717, 1.165) is 46.7 Å². The fourth-order valence-corrected chi connectivity index (χ4v) is 6.70. The van der Waals surface area contributed by atoms with Crippen LogP contribution in [0.5, 0.6) is 0 Å². The number of carbonyl (C=O) groups excluding carboxylic acids is 2. The van der Waals surface area contributed by atoms with Crippen molar-refractivity contribution in [3.63, 3.8) is 0 Å². The number of carbonyl (C=O) groups is 2. The number of nitrogens with zero attached hydrogens (tertiary/aromatic N) is 2. The summed E-state index contributed by atoms with van der Waals surface area (Å²) in [6.07, 6.45) is 3.90. The van der Waals surface area contributed by atoms with Crippen LogP contribution in [-0.4, -0.2) is 43.8 Å². The first-order chi connectivity index (χ1) is 19.5. The van der Waals surface area contributed by atoms with Gasteiger partial charge in [-0.05, 0) is 81.1 Å². The van der Waals surface area contributed by atoms with Crippen molar-refractivity contribution in [3.05, 3.63) is 93.5 Å². The Morgan fingerprint density at radius 1 is 0.976 bits per heavy atom. The monoisotopic (exact) mass is 615 g/mol. The molecule has 1 saturated carbocycles. The summed E-state index contributed by atoms with van der Waals surface area (Å²) in [4.78, 5) is 28.8. The highest BCUT2D eigenvalue weighted by Crippen LogP contribution is 2.29. The van der Waals surface area contributed by atoms with Crippen LogP contribution in [0, 0.1) is 13.8 Å². The molecule has 10 heteroatoms. The van der Waals surface area contributed by atoms with Crippen LogP contribution in [0.4, 0.5) is 5.69 Å². The van der Waals surface area contributed by atoms with Gasteiger partial charge in [-0.25, -0.2) is 8.42 Å². The molecule has 1 atom stereocenters. The molecule has 3 aromatic carbocycles. The number of benzene rings is 3. The topological polar surface area (TPSA) is 86.8 Å². The minimum absolute atomic E-state index is 0.0426. The van der Waals surface area contributed by atoms with Gasteiger partial charge in [0.2, 0.25) is 11.8 Å². The van der Waals surface area contributed by atoms with E-state index in [4.69, 9.17) is 23.2 Å². The van der Waals surface area contributed by atoms with Crippen molar-refractivity contribution in [3.8, 4) is 0 Å². The van der Waals surface area contributed by atoms with Gasteiger partial charge in [-0.2, -0.15) is 0 Å². The number of nitrogens with one attached hydrogen (secondary N) is 1. The molecule has 0 aliphatic heterocycles. The molecule has 0 saturated heterocycles. The number of hydrogen-bond acceptors (Lipinski definition) is 4. The summed E-state index contributed by atoms with van der Waals surface area (Å²) in [5.74, 6) is -0.815. The molecule has 1 fully saturated rings. The molecule has 0 aromatic heterocycles. The second kappa shape index (κ2) is 13.3. The predicted octanol–water partition coefficient (Wildman–Crippen LogP) is 6.28. The summed E-state index contributed by atoms with van der Waals surface area (Å²) in [5.41, 5.74) is 2.65. The summed E-state index contributed by atoms with van der Waals surface area (Å²) in [7, 11) is -4.17. The predicted molar refractivity (Wildman–Crippen MR) is 164 cm³/mol. The van der Waals surface area contributed by atoms with E-state index < -0.39 is 28.5 Å². The van der Waals surface area contributed by atoms with Crippen LogP contribution >= 0.6 is 23.2 Å². The molecule has 2 amide bonds. The average molecular weight is 617 g/mol. The van der Waals surface area contributed by atoms with E-state index in [9.17, 15) is 18.0 Å². The molecule has 0 bridgehead atoms. The van der Waals surface area contributed by atoms with E-state index in [1.807, 2.05) is 19.9 Å². The molecule has 218 valence electrons. The van der Waals surface area contributed by atoms with E-state index in [2.05, 4.69) is 5.32 Å². The van der Waals surface area contributed by atoms with Gasteiger partial charge < -0.3 is 10.2 Å². The van der Waals surface area contributed by atoms with Crippen molar-refractivity contribution >= 4 is 50.7 Å². The normalized spacial score (nSPS) is 14.5. The summed E-state index contributed by atoms with van der Waals surface area (Å²) in [6, 6.07) is 17.6. The van der Waals surface area contributed by atoms with Gasteiger partial charge in [-0.1, -0.05) is 71.9 Å². The fourth-order valence-electron chi connectivity index (χ4n) is 4.91. The third kappa shape index (κ3) is 7.61. The maximum Gasteiger partial charge on any atom is 0.264 e. The van der Waals surface area contributed by atoms with Crippen LogP contribution in [0.2, 0.25) is 10.0 Å². The first-order valence-electron chi connectivity index (χ1n) is 13.7. The van der Waals surface area contributed by atoms with Crippen LogP contribution < -0.4 is 9.62 Å². The molecule has 4 rings (SSSR count). The Morgan fingerprint density at radius 2 is 1.66 bits per heavy atom. The maximum absolute atomic E-state index is 14.1. The van der Waals surface area contributed by atoms with Gasteiger partial charge in [0.15, 0.2) is 0 Å². The molecular weight excluding hydrogens is 581 g/mol. The lowest BCUT2D eigenvalue weighted by Gasteiger charge is -2.32. The SMILES string of the molecule is Cc1ccc(S(=O)(=O)N(CC(=O)N(Cc2cccc(Cl)c2)[C@H](C)C(=O)NC2CCCC2)c2ccc(C)c(Cl)c2)cc1. The Bertz CT molecular complexity index is 1510. The summed E-state index contributed by atoms with van der Waals surface area (Å²) in [6.45, 7) is 4.88. The third-order valence-corrected chi connectivity index (χ3v) is 9.87. The first kappa shape index (κ1) is 30.9. The Balaban J connectivity index is 1.70. The molecule has 41 heavy (non-hydrogen) atoms. The van der Waals surface area contributed by atoms with E-state index in [1.165, 1.54) is 23.1 Å². The molecule has 3 aromatic rings. The smallest absolute Gasteiger partial charge is 0.264 e. The molecule has 1 aliphatic rings. The van der Waals surface area contributed by atoms with Crippen molar-refractivity contribution in [2.24, 2.45) is 0 Å². The number of hydrogen-bond donors (Lipinski definition) is 1. The summed E-state index contributed by atoms with van der Waals surface area (Å²) in [5, 5.41) is 3.93. The number of anilines is 1. The number of aryl methyl sites for hydroxylation is 2. The number of sulfonamides is 1. The van der Waals surface area contributed by atoms with E-state index in [0.29, 0.717) is 10.0 Å². The highest BCUT2D eigenvalue weighted by Gasteiger charge is 2.33. The zero-order valence-electron chi connectivity index (χ0n) is 23.4. The van der Waals surface area contributed by atoms with Crippen LogP contribution in [0.25, 0.3) is 0 Å². The second-order valence-corrected chi connectivity index (χ2v) is 13.3. The lowest BCUT2D eigenvalue weighted by molar-refractivity contribution is -0.139. The van der Waals surface area contributed by atoms with Crippen molar-refractivity contribution in [2.75, 3.05) is 10.8 Å². The van der Waals surface area contributed by atoms with E-state index >= 15 is 0 Å². The van der Waals surface area contributed by atoms with Crippen molar-refractivity contribution in [2.45, 2.75) is 70.0 Å². The molecule has 0 unspecified atom stereocenters. The molecule has 0 radical (unpaired) electrons. The molecule has 0 spiro atoms. The van der Waals surface area contributed by atoms with Gasteiger partial charge in [-0.15, -0.1) is 0 Å². The van der Waals surface area contributed by atoms with Gasteiger partial charge in [-0.3, -0.25) is 13.9 Å². The minimum atomic E-state index is -4.17. The lowest BCUT2D eigenvalue weighted by atomic mass is 10.1. The van der Waals surface area contributed by atoms with Gasteiger partial charge in [0.05, 0.1) is 10.6 Å². The Morgan fingerprint density at radius 3 is 2.29 bits per heavy atom. The van der Waals surface area contributed by atoms with Crippen LogP contribution in [0.1, 0.15) is 49.3 Å².